The van der Waals surface area contributed by atoms with Crippen LogP contribution in [-0.2, 0) is 9.59 Å². The highest BCUT2D eigenvalue weighted by Gasteiger charge is 2.28. The molecule has 1 heterocycles. The first-order valence-corrected chi connectivity index (χ1v) is 9.52. The first-order valence-electron chi connectivity index (χ1n) is 9.52. The van der Waals surface area contributed by atoms with Crippen LogP contribution in [0, 0.1) is 5.92 Å². The molecule has 1 saturated heterocycles. The van der Waals surface area contributed by atoms with Gasteiger partial charge < -0.3 is 15.5 Å². The molecule has 0 aromatic heterocycles. The van der Waals surface area contributed by atoms with Crippen LogP contribution in [0.15, 0.2) is 30.3 Å². The van der Waals surface area contributed by atoms with E-state index in [9.17, 15) is 9.59 Å². The second-order valence-corrected chi connectivity index (χ2v) is 7.28. The molecule has 5 nitrogen and oxygen atoms in total. The minimum Gasteiger partial charge on any atom is -0.339 e. The Bertz CT molecular complexity index is 576. The number of nitrogens with zero attached hydrogens (tertiary/aromatic N) is 2. The topological polar surface area (TPSA) is 66.6 Å². The van der Waals surface area contributed by atoms with Gasteiger partial charge in [-0.2, -0.15) is 0 Å². The van der Waals surface area contributed by atoms with Crippen molar-refractivity contribution in [3.05, 3.63) is 35.9 Å². The Morgan fingerprint density at radius 3 is 2.24 bits per heavy atom. The summed E-state index contributed by atoms with van der Waals surface area (Å²) < 4.78 is 0. The van der Waals surface area contributed by atoms with Crippen LogP contribution in [-0.4, -0.2) is 47.8 Å². The van der Waals surface area contributed by atoms with Gasteiger partial charge in [0.15, 0.2) is 0 Å². The number of carbonyl (C=O) groups is 2. The van der Waals surface area contributed by atoms with E-state index >= 15 is 0 Å². The lowest BCUT2D eigenvalue weighted by Gasteiger charge is -2.36. The molecule has 1 aliphatic carbocycles. The fraction of sp³-hybridized carbons (Fsp3) is 0.600. The molecule has 25 heavy (non-hydrogen) atoms. The van der Waals surface area contributed by atoms with Crippen LogP contribution < -0.4 is 5.73 Å². The average Bonchev–Trinajstić information content (AvgIpc) is 3.19. The van der Waals surface area contributed by atoms with Crippen molar-refractivity contribution in [2.24, 2.45) is 11.7 Å². The van der Waals surface area contributed by atoms with Crippen molar-refractivity contribution in [3.8, 4) is 0 Å². The van der Waals surface area contributed by atoms with Gasteiger partial charge in [-0.15, -0.1) is 0 Å². The molecular weight excluding hydrogens is 314 g/mol. The van der Waals surface area contributed by atoms with Crippen LogP contribution in [0.1, 0.15) is 50.1 Å². The minimum absolute atomic E-state index is 0.0516. The second-order valence-electron chi connectivity index (χ2n) is 7.28. The normalized spacial score (nSPS) is 19.9. The van der Waals surface area contributed by atoms with Gasteiger partial charge in [0, 0.05) is 32.6 Å². The van der Waals surface area contributed by atoms with Gasteiger partial charge in [0.2, 0.25) is 11.8 Å². The summed E-state index contributed by atoms with van der Waals surface area (Å²) in [4.78, 5) is 28.7. The van der Waals surface area contributed by atoms with Gasteiger partial charge in [0.1, 0.15) is 6.04 Å². The Labute approximate surface area is 150 Å². The van der Waals surface area contributed by atoms with E-state index in [-0.39, 0.29) is 11.8 Å². The standard InChI is InChI=1S/C20H29N3O2/c21-19(17-8-2-1-3-9-17)20(25)23-14-12-22(13-15-23)18(24)11-10-16-6-4-5-7-16/h1-3,8-9,16,19H,4-7,10-15,21H2/t19-/m1/s1. The second kappa shape index (κ2) is 8.48. The molecule has 1 saturated carbocycles. The number of piperazine rings is 1. The number of rotatable bonds is 5. The zero-order valence-corrected chi connectivity index (χ0v) is 14.9. The van der Waals surface area contributed by atoms with Crippen molar-refractivity contribution < 1.29 is 9.59 Å². The molecule has 136 valence electrons. The van der Waals surface area contributed by atoms with Crippen LogP contribution >= 0.6 is 0 Å². The average molecular weight is 343 g/mol. The van der Waals surface area contributed by atoms with Crippen LogP contribution in [0.2, 0.25) is 0 Å². The van der Waals surface area contributed by atoms with E-state index in [2.05, 4.69) is 0 Å². The fourth-order valence-corrected chi connectivity index (χ4v) is 3.96. The van der Waals surface area contributed by atoms with Crippen molar-refractivity contribution >= 4 is 11.8 Å². The van der Waals surface area contributed by atoms with Crippen molar-refractivity contribution in [2.75, 3.05) is 26.2 Å². The summed E-state index contributed by atoms with van der Waals surface area (Å²) in [6, 6.07) is 8.84. The minimum atomic E-state index is -0.620. The third kappa shape index (κ3) is 4.60. The van der Waals surface area contributed by atoms with Crippen LogP contribution in [0.3, 0.4) is 0 Å². The third-order valence-electron chi connectivity index (χ3n) is 5.61. The molecule has 0 unspecified atom stereocenters. The lowest BCUT2D eigenvalue weighted by atomic mass is 10.0. The van der Waals surface area contributed by atoms with Gasteiger partial charge in [-0.1, -0.05) is 56.0 Å². The van der Waals surface area contributed by atoms with E-state index in [1.165, 1.54) is 25.7 Å². The Balaban J connectivity index is 1.44. The van der Waals surface area contributed by atoms with E-state index in [0.29, 0.717) is 32.6 Å². The number of nitrogens with two attached hydrogens (primary N) is 1. The molecule has 3 rings (SSSR count). The summed E-state index contributed by atoms with van der Waals surface area (Å²) in [5.41, 5.74) is 6.95. The lowest BCUT2D eigenvalue weighted by Crippen LogP contribution is -2.52. The van der Waals surface area contributed by atoms with E-state index in [1.54, 1.807) is 4.90 Å². The van der Waals surface area contributed by atoms with E-state index in [0.717, 1.165) is 17.9 Å². The highest BCUT2D eigenvalue weighted by Crippen LogP contribution is 2.28. The smallest absolute Gasteiger partial charge is 0.244 e. The van der Waals surface area contributed by atoms with Gasteiger partial charge in [-0.3, -0.25) is 9.59 Å². The number of carbonyl (C=O) groups excluding carboxylic acids is 2. The van der Waals surface area contributed by atoms with Gasteiger partial charge in [-0.25, -0.2) is 0 Å². The lowest BCUT2D eigenvalue weighted by molar-refractivity contribution is -0.140. The first kappa shape index (κ1) is 17.9. The summed E-state index contributed by atoms with van der Waals surface area (Å²) in [5.74, 6) is 0.936. The molecular formula is C20H29N3O2. The Hall–Kier alpha value is -1.88. The largest absolute Gasteiger partial charge is 0.339 e. The molecule has 1 aliphatic heterocycles. The third-order valence-corrected chi connectivity index (χ3v) is 5.61. The Morgan fingerprint density at radius 2 is 1.60 bits per heavy atom. The molecule has 0 spiro atoms. The number of hydrogen-bond acceptors (Lipinski definition) is 3. The highest BCUT2D eigenvalue weighted by atomic mass is 16.2. The maximum Gasteiger partial charge on any atom is 0.244 e. The molecule has 1 atom stereocenters. The zero-order valence-electron chi connectivity index (χ0n) is 14.9. The SMILES string of the molecule is N[C@@H](C(=O)N1CCN(C(=O)CCC2CCCC2)CC1)c1ccccc1. The summed E-state index contributed by atoms with van der Waals surface area (Å²) in [6.45, 7) is 2.40. The molecule has 5 heteroatoms. The molecule has 2 aliphatic rings. The first-order chi connectivity index (χ1) is 12.1. The van der Waals surface area contributed by atoms with Crippen molar-refractivity contribution in [3.63, 3.8) is 0 Å². The zero-order chi connectivity index (χ0) is 17.6. The van der Waals surface area contributed by atoms with Crippen LogP contribution in [0.25, 0.3) is 0 Å². The van der Waals surface area contributed by atoms with Gasteiger partial charge in [0.05, 0.1) is 0 Å². The van der Waals surface area contributed by atoms with E-state index < -0.39 is 6.04 Å². The quantitative estimate of drug-likeness (QED) is 0.892. The summed E-state index contributed by atoms with van der Waals surface area (Å²) >= 11 is 0. The molecule has 2 N–H and O–H groups in total. The van der Waals surface area contributed by atoms with Crippen LogP contribution in [0.4, 0.5) is 0 Å². The molecule has 1 aromatic carbocycles. The predicted octanol–water partition coefficient (Wildman–Crippen LogP) is 2.33. The van der Waals surface area contributed by atoms with E-state index in [1.807, 2.05) is 35.2 Å². The van der Waals surface area contributed by atoms with Crippen LogP contribution in [0.5, 0.6) is 0 Å². The van der Waals surface area contributed by atoms with Crippen molar-refractivity contribution in [1.29, 1.82) is 0 Å². The monoisotopic (exact) mass is 343 g/mol. The predicted molar refractivity (Wildman–Crippen MR) is 97.7 cm³/mol. The maximum absolute atomic E-state index is 12.6. The Morgan fingerprint density at radius 1 is 1.00 bits per heavy atom. The summed E-state index contributed by atoms with van der Waals surface area (Å²) in [5, 5.41) is 0. The van der Waals surface area contributed by atoms with Crippen molar-refractivity contribution in [2.45, 2.75) is 44.6 Å². The highest BCUT2D eigenvalue weighted by molar-refractivity contribution is 5.83. The number of hydrogen-bond donors (Lipinski definition) is 1. The van der Waals surface area contributed by atoms with Gasteiger partial charge in [0.25, 0.3) is 0 Å². The molecule has 1 aromatic rings. The maximum atomic E-state index is 12.6. The fourth-order valence-electron chi connectivity index (χ4n) is 3.96. The van der Waals surface area contributed by atoms with Gasteiger partial charge in [-0.05, 0) is 17.9 Å². The van der Waals surface area contributed by atoms with Crippen molar-refractivity contribution in [1.82, 2.24) is 9.80 Å². The number of benzene rings is 1. The number of amides is 2. The summed E-state index contributed by atoms with van der Waals surface area (Å²) in [6.07, 6.45) is 6.89. The van der Waals surface area contributed by atoms with E-state index in [4.69, 9.17) is 5.73 Å². The molecule has 0 radical (unpaired) electrons. The summed E-state index contributed by atoms with van der Waals surface area (Å²) in [7, 11) is 0. The molecule has 0 bridgehead atoms. The Kier molecular flexibility index (Phi) is 6.08. The molecule has 2 fully saturated rings. The molecule has 2 amide bonds. The van der Waals surface area contributed by atoms with Gasteiger partial charge >= 0.3 is 0 Å².